The molecule has 5 nitrogen and oxygen atoms in total. The Labute approximate surface area is 117 Å². The number of nitrogens with one attached hydrogen (secondary N) is 1. The number of hydrogen-bond donors (Lipinski definition) is 1. The first-order valence-electron chi connectivity index (χ1n) is 5.96. The topological polar surface area (TPSA) is 51.4 Å². The van der Waals surface area contributed by atoms with Crippen LogP contribution in [0.25, 0.3) is 11.0 Å². The van der Waals surface area contributed by atoms with Crippen LogP contribution in [0.4, 0.5) is 8.78 Å². The summed E-state index contributed by atoms with van der Waals surface area (Å²) in [5, 5.41) is 4.15. The molecule has 0 aliphatic rings. The molecule has 1 aromatic carbocycles. The molecule has 3 aromatic rings. The van der Waals surface area contributed by atoms with Crippen molar-refractivity contribution in [1.29, 1.82) is 0 Å². The summed E-state index contributed by atoms with van der Waals surface area (Å²) in [6, 6.07) is 2.09. The standard InChI is InChI=1S/C12H11F2N5S/c1-18-6-15-10(17-18)2-3-19-9-5-7(13)4-8(14)11(9)16-12(19)20/h4-6H,2-3H2,1H3,(H,16,20). The Morgan fingerprint density at radius 3 is 2.85 bits per heavy atom. The van der Waals surface area contributed by atoms with Gasteiger partial charge >= 0.3 is 0 Å². The van der Waals surface area contributed by atoms with Crippen molar-refractivity contribution in [3.05, 3.63) is 40.7 Å². The zero-order valence-corrected chi connectivity index (χ0v) is 11.4. The maximum absolute atomic E-state index is 13.6. The molecule has 2 aromatic heterocycles. The molecule has 0 bridgehead atoms. The maximum Gasteiger partial charge on any atom is 0.178 e. The Balaban J connectivity index is 1.98. The van der Waals surface area contributed by atoms with Crippen molar-refractivity contribution in [2.75, 3.05) is 0 Å². The minimum Gasteiger partial charge on any atom is -0.328 e. The second-order valence-corrected chi connectivity index (χ2v) is 4.83. The summed E-state index contributed by atoms with van der Waals surface area (Å²) < 4.78 is 30.6. The van der Waals surface area contributed by atoms with Gasteiger partial charge in [-0.3, -0.25) is 4.68 Å². The lowest BCUT2D eigenvalue weighted by Gasteiger charge is -2.02. The molecule has 20 heavy (non-hydrogen) atoms. The van der Waals surface area contributed by atoms with E-state index in [1.165, 1.54) is 6.07 Å². The SMILES string of the molecule is Cn1cnc(CCn2c(=S)[nH]c3c(F)cc(F)cc32)n1. The van der Waals surface area contributed by atoms with Crippen LogP contribution in [0.1, 0.15) is 5.82 Å². The Bertz CT molecular complexity index is 832. The van der Waals surface area contributed by atoms with Gasteiger partial charge in [-0.1, -0.05) is 0 Å². The first-order chi connectivity index (χ1) is 9.54. The van der Waals surface area contributed by atoms with Crippen LogP contribution < -0.4 is 0 Å². The van der Waals surface area contributed by atoms with Gasteiger partial charge in [-0.25, -0.2) is 13.8 Å². The van der Waals surface area contributed by atoms with Crippen LogP contribution in [0, 0.1) is 16.4 Å². The number of aryl methyl sites for hydroxylation is 3. The highest BCUT2D eigenvalue weighted by molar-refractivity contribution is 7.71. The van der Waals surface area contributed by atoms with Crippen LogP contribution in [0.3, 0.4) is 0 Å². The molecule has 0 radical (unpaired) electrons. The molecule has 8 heteroatoms. The molecule has 0 aliphatic heterocycles. The van der Waals surface area contributed by atoms with Crippen LogP contribution in [-0.2, 0) is 20.0 Å². The molecule has 104 valence electrons. The summed E-state index contributed by atoms with van der Waals surface area (Å²) in [5.74, 6) is -0.629. The number of fused-ring (bicyclic) bond motifs is 1. The van der Waals surface area contributed by atoms with Gasteiger partial charge in [0.25, 0.3) is 0 Å². The minimum atomic E-state index is -0.652. The zero-order valence-electron chi connectivity index (χ0n) is 10.6. The molecular weight excluding hydrogens is 284 g/mol. The Hall–Kier alpha value is -2.09. The van der Waals surface area contributed by atoms with E-state index >= 15 is 0 Å². The van der Waals surface area contributed by atoms with Gasteiger partial charge in [0.15, 0.2) is 16.4 Å². The number of imidazole rings is 1. The fourth-order valence-electron chi connectivity index (χ4n) is 2.11. The number of aromatic amines is 1. The Morgan fingerprint density at radius 2 is 2.15 bits per heavy atom. The van der Waals surface area contributed by atoms with Crippen molar-refractivity contribution in [2.45, 2.75) is 13.0 Å². The van der Waals surface area contributed by atoms with Crippen LogP contribution in [-0.4, -0.2) is 24.3 Å². The normalized spacial score (nSPS) is 11.3. The van der Waals surface area contributed by atoms with Gasteiger partial charge < -0.3 is 9.55 Å². The second kappa shape index (κ2) is 4.78. The van der Waals surface area contributed by atoms with E-state index in [0.29, 0.717) is 29.1 Å². The minimum absolute atomic E-state index is 0.213. The number of halogens is 2. The number of rotatable bonds is 3. The third kappa shape index (κ3) is 2.22. The smallest absolute Gasteiger partial charge is 0.178 e. The molecule has 2 heterocycles. The fourth-order valence-corrected chi connectivity index (χ4v) is 2.40. The molecule has 0 saturated heterocycles. The second-order valence-electron chi connectivity index (χ2n) is 4.45. The molecule has 0 unspecified atom stereocenters. The van der Waals surface area contributed by atoms with Crippen LogP contribution in [0.2, 0.25) is 0 Å². The van der Waals surface area contributed by atoms with E-state index in [1.807, 2.05) is 0 Å². The highest BCUT2D eigenvalue weighted by atomic mass is 32.1. The molecule has 0 aliphatic carbocycles. The van der Waals surface area contributed by atoms with Gasteiger partial charge in [0, 0.05) is 26.1 Å². The van der Waals surface area contributed by atoms with Crippen LogP contribution in [0.15, 0.2) is 18.5 Å². The number of aromatic nitrogens is 5. The van der Waals surface area contributed by atoms with Crippen molar-refractivity contribution in [3.8, 4) is 0 Å². The summed E-state index contributed by atoms with van der Waals surface area (Å²) in [5.41, 5.74) is 0.619. The molecule has 1 N–H and O–H groups in total. The highest BCUT2D eigenvalue weighted by Gasteiger charge is 2.11. The van der Waals surface area contributed by atoms with E-state index in [4.69, 9.17) is 12.2 Å². The van der Waals surface area contributed by atoms with E-state index in [0.717, 1.165) is 6.07 Å². The van der Waals surface area contributed by atoms with Gasteiger partial charge in [0.2, 0.25) is 0 Å². The first kappa shape index (κ1) is 12.9. The lowest BCUT2D eigenvalue weighted by atomic mass is 10.3. The molecule has 0 atom stereocenters. The average Bonchev–Trinajstić information content (AvgIpc) is 2.91. The lowest BCUT2D eigenvalue weighted by molar-refractivity contribution is 0.589. The van der Waals surface area contributed by atoms with E-state index in [9.17, 15) is 8.78 Å². The van der Waals surface area contributed by atoms with Crippen molar-refractivity contribution in [2.24, 2.45) is 7.05 Å². The number of benzene rings is 1. The third-order valence-electron chi connectivity index (χ3n) is 3.01. The van der Waals surface area contributed by atoms with Crippen molar-refractivity contribution >= 4 is 23.3 Å². The summed E-state index contributed by atoms with van der Waals surface area (Å²) in [6.45, 7) is 0.450. The summed E-state index contributed by atoms with van der Waals surface area (Å²) >= 11 is 5.15. The summed E-state index contributed by atoms with van der Waals surface area (Å²) in [4.78, 5) is 6.86. The predicted molar refractivity (Wildman–Crippen MR) is 71.7 cm³/mol. The van der Waals surface area contributed by atoms with Gasteiger partial charge in [0.1, 0.15) is 17.7 Å². The monoisotopic (exact) mass is 295 g/mol. The number of hydrogen-bond acceptors (Lipinski definition) is 3. The Morgan fingerprint density at radius 1 is 1.35 bits per heavy atom. The van der Waals surface area contributed by atoms with Gasteiger partial charge in [-0.15, -0.1) is 0 Å². The van der Waals surface area contributed by atoms with E-state index < -0.39 is 11.6 Å². The van der Waals surface area contributed by atoms with Crippen LogP contribution >= 0.6 is 12.2 Å². The maximum atomic E-state index is 13.6. The predicted octanol–water partition coefficient (Wildman–Crippen LogP) is 2.35. The van der Waals surface area contributed by atoms with E-state index in [-0.39, 0.29) is 5.52 Å². The molecule has 0 amide bonds. The summed E-state index contributed by atoms with van der Waals surface area (Å²) in [6.07, 6.45) is 2.13. The van der Waals surface area contributed by atoms with Crippen LogP contribution in [0.5, 0.6) is 0 Å². The van der Waals surface area contributed by atoms with Crippen molar-refractivity contribution in [3.63, 3.8) is 0 Å². The third-order valence-corrected chi connectivity index (χ3v) is 3.33. The first-order valence-corrected chi connectivity index (χ1v) is 6.37. The fraction of sp³-hybridized carbons (Fsp3) is 0.250. The van der Waals surface area contributed by atoms with Gasteiger partial charge in [-0.2, -0.15) is 5.10 Å². The van der Waals surface area contributed by atoms with E-state index in [2.05, 4.69) is 15.1 Å². The number of H-pyrrole nitrogens is 1. The van der Waals surface area contributed by atoms with Crippen molar-refractivity contribution in [1.82, 2.24) is 24.3 Å². The van der Waals surface area contributed by atoms with E-state index in [1.54, 1.807) is 22.6 Å². The van der Waals surface area contributed by atoms with Gasteiger partial charge in [0.05, 0.1) is 5.52 Å². The average molecular weight is 295 g/mol. The largest absolute Gasteiger partial charge is 0.328 e. The van der Waals surface area contributed by atoms with Gasteiger partial charge in [-0.05, 0) is 18.3 Å². The lowest BCUT2D eigenvalue weighted by Crippen LogP contribution is -2.03. The summed E-state index contributed by atoms with van der Waals surface area (Å²) in [7, 11) is 1.78. The zero-order chi connectivity index (χ0) is 14.3. The Kier molecular flexibility index (Phi) is 3.09. The molecule has 0 fully saturated rings. The highest BCUT2D eigenvalue weighted by Crippen LogP contribution is 2.19. The molecular formula is C12H11F2N5S. The molecule has 0 saturated carbocycles. The number of nitrogens with zero attached hydrogens (tertiary/aromatic N) is 4. The van der Waals surface area contributed by atoms with Crippen molar-refractivity contribution < 1.29 is 8.78 Å². The quantitative estimate of drug-likeness (QED) is 0.755. The molecule has 0 spiro atoms. The molecule has 3 rings (SSSR count).